The van der Waals surface area contributed by atoms with E-state index >= 15 is 0 Å². The third-order valence-corrected chi connectivity index (χ3v) is 4.50. The number of nitrogens with one attached hydrogen (secondary N) is 1. The molecule has 2 unspecified atom stereocenters. The minimum Gasteiger partial charge on any atom is -0.393 e. The van der Waals surface area contributed by atoms with E-state index in [-0.39, 0.29) is 23.1 Å². The molecule has 0 radical (unpaired) electrons. The van der Waals surface area contributed by atoms with E-state index < -0.39 is 9.84 Å². The van der Waals surface area contributed by atoms with Crippen LogP contribution in [0, 0.1) is 0 Å². The summed E-state index contributed by atoms with van der Waals surface area (Å²) in [5.41, 5.74) is 0. The van der Waals surface area contributed by atoms with Crippen LogP contribution in [0.15, 0.2) is 0 Å². The van der Waals surface area contributed by atoms with Crippen LogP contribution >= 0.6 is 0 Å². The molecule has 0 saturated carbocycles. The summed E-state index contributed by atoms with van der Waals surface area (Å²) in [4.78, 5) is 0. The highest BCUT2D eigenvalue weighted by Crippen LogP contribution is 2.00. The van der Waals surface area contributed by atoms with Gasteiger partial charge in [0.25, 0.3) is 0 Å². The molecule has 0 aliphatic heterocycles. The van der Waals surface area contributed by atoms with Gasteiger partial charge in [-0.2, -0.15) is 0 Å². The first-order chi connectivity index (χ1) is 6.75. The van der Waals surface area contributed by atoms with E-state index in [0.29, 0.717) is 13.0 Å². The van der Waals surface area contributed by atoms with Crippen LogP contribution in [0.5, 0.6) is 0 Å². The molecule has 0 aromatic carbocycles. The van der Waals surface area contributed by atoms with Gasteiger partial charge in [-0.15, -0.1) is 0 Å². The molecule has 0 aromatic rings. The zero-order chi connectivity index (χ0) is 12.1. The molecule has 0 aromatic heterocycles. The topological polar surface area (TPSA) is 66.4 Å². The molecule has 0 saturated heterocycles. The number of hydrogen-bond donors (Lipinski definition) is 2. The van der Waals surface area contributed by atoms with Crippen molar-refractivity contribution in [3.63, 3.8) is 0 Å². The number of rotatable bonds is 7. The molecule has 0 heterocycles. The lowest BCUT2D eigenvalue weighted by Crippen LogP contribution is -2.34. The van der Waals surface area contributed by atoms with E-state index in [0.717, 1.165) is 0 Å². The Hall–Kier alpha value is -0.130. The quantitative estimate of drug-likeness (QED) is 0.679. The van der Waals surface area contributed by atoms with Crippen LogP contribution in [-0.2, 0) is 9.84 Å². The number of aliphatic hydroxyl groups excluding tert-OH is 1. The molecule has 0 rings (SSSR count). The predicted molar refractivity (Wildman–Crippen MR) is 62.7 cm³/mol. The molecule has 92 valence electrons. The van der Waals surface area contributed by atoms with E-state index in [2.05, 4.69) is 5.32 Å². The first-order valence-electron chi connectivity index (χ1n) is 5.38. The summed E-state index contributed by atoms with van der Waals surface area (Å²) in [5, 5.41) is 11.9. The van der Waals surface area contributed by atoms with Crippen molar-refractivity contribution < 1.29 is 13.5 Å². The summed E-state index contributed by atoms with van der Waals surface area (Å²) >= 11 is 0. The van der Waals surface area contributed by atoms with Gasteiger partial charge >= 0.3 is 0 Å². The molecule has 0 aliphatic carbocycles. The first-order valence-corrected chi connectivity index (χ1v) is 7.10. The van der Waals surface area contributed by atoms with Gasteiger partial charge in [0.05, 0.1) is 17.1 Å². The van der Waals surface area contributed by atoms with Crippen LogP contribution in [0.4, 0.5) is 0 Å². The van der Waals surface area contributed by atoms with Crippen LogP contribution in [0.3, 0.4) is 0 Å². The molecule has 5 heteroatoms. The normalized spacial score (nSPS) is 16.7. The summed E-state index contributed by atoms with van der Waals surface area (Å²) in [6.07, 6.45) is 0.288. The van der Waals surface area contributed by atoms with Crippen molar-refractivity contribution in [2.45, 2.75) is 51.5 Å². The molecule has 0 fully saturated rings. The fraction of sp³-hybridized carbons (Fsp3) is 1.00. The second-order valence-corrected chi connectivity index (χ2v) is 7.03. The highest BCUT2D eigenvalue weighted by Gasteiger charge is 2.15. The Balaban J connectivity index is 3.80. The van der Waals surface area contributed by atoms with Gasteiger partial charge in [-0.05, 0) is 34.1 Å². The van der Waals surface area contributed by atoms with Gasteiger partial charge in [0.1, 0.15) is 0 Å². The van der Waals surface area contributed by atoms with Crippen molar-refractivity contribution in [3.05, 3.63) is 0 Å². The first kappa shape index (κ1) is 14.9. The zero-order valence-electron chi connectivity index (χ0n) is 10.0. The van der Waals surface area contributed by atoms with Gasteiger partial charge in [0, 0.05) is 12.6 Å². The zero-order valence-corrected chi connectivity index (χ0v) is 10.8. The largest absolute Gasteiger partial charge is 0.393 e. The minimum atomic E-state index is -2.95. The fourth-order valence-electron chi connectivity index (χ4n) is 1.28. The van der Waals surface area contributed by atoms with Crippen LogP contribution < -0.4 is 5.32 Å². The van der Waals surface area contributed by atoms with Gasteiger partial charge in [-0.25, -0.2) is 8.42 Å². The van der Waals surface area contributed by atoms with E-state index in [1.54, 1.807) is 20.8 Å². The molecule has 2 N–H and O–H groups in total. The summed E-state index contributed by atoms with van der Waals surface area (Å²) < 4.78 is 22.9. The molecular formula is C10H23NO3S. The summed E-state index contributed by atoms with van der Waals surface area (Å²) in [5.74, 6) is 0.162. The fourth-order valence-corrected chi connectivity index (χ4v) is 2.15. The molecule has 15 heavy (non-hydrogen) atoms. The van der Waals surface area contributed by atoms with Crippen molar-refractivity contribution in [1.82, 2.24) is 5.32 Å². The van der Waals surface area contributed by atoms with Crippen molar-refractivity contribution >= 4 is 9.84 Å². The Kier molecular flexibility index (Phi) is 6.40. The second-order valence-electron chi connectivity index (χ2n) is 4.36. The average molecular weight is 237 g/mol. The highest BCUT2D eigenvalue weighted by atomic mass is 32.2. The van der Waals surface area contributed by atoms with E-state index in [1.807, 2.05) is 6.92 Å². The predicted octanol–water partition coefficient (Wildman–Crippen LogP) is 0.559. The number of aliphatic hydroxyl groups is 1. The maximum Gasteiger partial charge on any atom is 0.153 e. The van der Waals surface area contributed by atoms with Gasteiger partial charge < -0.3 is 10.4 Å². The monoisotopic (exact) mass is 237 g/mol. The maximum absolute atomic E-state index is 11.4. The summed E-state index contributed by atoms with van der Waals surface area (Å²) in [6.45, 7) is 7.50. The molecule has 0 spiro atoms. The van der Waals surface area contributed by atoms with Crippen LogP contribution in [0.25, 0.3) is 0 Å². The van der Waals surface area contributed by atoms with E-state index in [1.165, 1.54) is 0 Å². The van der Waals surface area contributed by atoms with E-state index in [4.69, 9.17) is 5.11 Å². The lowest BCUT2D eigenvalue weighted by Gasteiger charge is -2.15. The third kappa shape index (κ3) is 6.87. The Morgan fingerprint density at radius 1 is 1.20 bits per heavy atom. The van der Waals surface area contributed by atoms with Gasteiger partial charge in [0.15, 0.2) is 9.84 Å². The van der Waals surface area contributed by atoms with Gasteiger partial charge in [-0.3, -0.25) is 0 Å². The molecule has 4 nitrogen and oxygen atoms in total. The van der Waals surface area contributed by atoms with Gasteiger partial charge in [-0.1, -0.05) is 0 Å². The van der Waals surface area contributed by atoms with Crippen LogP contribution in [0.1, 0.15) is 34.1 Å². The second kappa shape index (κ2) is 6.45. The molecule has 0 bridgehead atoms. The molecule has 0 aliphatic rings. The van der Waals surface area contributed by atoms with Crippen molar-refractivity contribution in [2.75, 3.05) is 12.3 Å². The van der Waals surface area contributed by atoms with Gasteiger partial charge in [0.2, 0.25) is 0 Å². The Morgan fingerprint density at radius 2 is 1.73 bits per heavy atom. The Bertz CT molecular complexity index is 260. The summed E-state index contributed by atoms with van der Waals surface area (Å²) in [7, 11) is -2.95. The van der Waals surface area contributed by atoms with Crippen LogP contribution in [-0.4, -0.2) is 43.2 Å². The maximum atomic E-state index is 11.4. The lowest BCUT2D eigenvalue weighted by atomic mass is 10.1. The Labute approximate surface area is 93.0 Å². The lowest BCUT2D eigenvalue weighted by molar-refractivity contribution is 0.171. The number of hydrogen-bond acceptors (Lipinski definition) is 4. The van der Waals surface area contributed by atoms with Crippen LogP contribution in [0.2, 0.25) is 0 Å². The van der Waals surface area contributed by atoms with Crippen molar-refractivity contribution in [3.8, 4) is 0 Å². The van der Waals surface area contributed by atoms with E-state index in [9.17, 15) is 8.42 Å². The third-order valence-electron chi connectivity index (χ3n) is 2.29. The minimum absolute atomic E-state index is 0.146. The molecular weight excluding hydrogens is 214 g/mol. The summed E-state index contributed by atoms with van der Waals surface area (Å²) in [6, 6.07) is 0.146. The van der Waals surface area contributed by atoms with Crippen molar-refractivity contribution in [1.29, 1.82) is 0 Å². The molecule has 2 atom stereocenters. The standard InChI is InChI=1S/C10H23NO3S/c1-8(2)15(13,14)6-5-11-9(3)7-10(4)12/h8-12H,5-7H2,1-4H3. The van der Waals surface area contributed by atoms with Crippen molar-refractivity contribution in [2.24, 2.45) is 0 Å². The highest BCUT2D eigenvalue weighted by molar-refractivity contribution is 7.92. The Morgan fingerprint density at radius 3 is 2.13 bits per heavy atom. The average Bonchev–Trinajstić information content (AvgIpc) is 2.01. The SMILES string of the molecule is CC(O)CC(C)NCCS(=O)(=O)C(C)C. The molecule has 0 amide bonds. The smallest absolute Gasteiger partial charge is 0.153 e. The number of sulfone groups is 1.